The minimum atomic E-state index is 0.600. The Hall–Kier alpha value is -1.67. The minimum Gasteiger partial charge on any atom is -0.495 e. The van der Waals surface area contributed by atoms with Crippen LogP contribution in [0.15, 0.2) is 36.4 Å². The summed E-state index contributed by atoms with van der Waals surface area (Å²) < 4.78 is 5.20. The molecule has 88 valence electrons. The summed E-state index contributed by atoms with van der Waals surface area (Å²) >= 11 is 6.00. The zero-order valence-electron chi connectivity index (χ0n) is 9.83. The highest BCUT2D eigenvalue weighted by molar-refractivity contribution is 6.32. The molecule has 2 N–H and O–H groups in total. The van der Waals surface area contributed by atoms with Crippen molar-refractivity contribution in [2.45, 2.75) is 6.92 Å². The van der Waals surface area contributed by atoms with E-state index in [2.05, 4.69) is 6.07 Å². The molecule has 0 spiro atoms. The summed E-state index contributed by atoms with van der Waals surface area (Å²) in [5.74, 6) is 0.657. The van der Waals surface area contributed by atoms with Gasteiger partial charge in [0.2, 0.25) is 0 Å². The van der Waals surface area contributed by atoms with Crippen LogP contribution in [0, 0.1) is 6.92 Å². The lowest BCUT2D eigenvalue weighted by molar-refractivity contribution is 0.415. The van der Waals surface area contributed by atoms with Crippen molar-refractivity contribution in [3.8, 4) is 16.9 Å². The number of rotatable bonds is 2. The van der Waals surface area contributed by atoms with Crippen molar-refractivity contribution in [2.24, 2.45) is 0 Å². The van der Waals surface area contributed by atoms with E-state index < -0.39 is 0 Å². The van der Waals surface area contributed by atoms with Gasteiger partial charge < -0.3 is 10.5 Å². The Morgan fingerprint density at radius 2 is 1.88 bits per heavy atom. The molecule has 2 aromatic rings. The van der Waals surface area contributed by atoms with Crippen molar-refractivity contribution in [1.29, 1.82) is 0 Å². The molecule has 0 bridgehead atoms. The Morgan fingerprint density at radius 1 is 1.12 bits per heavy atom. The number of aryl methyl sites for hydroxylation is 1. The predicted molar refractivity (Wildman–Crippen MR) is 72.6 cm³/mol. The van der Waals surface area contributed by atoms with Crippen LogP contribution in [0.2, 0.25) is 5.02 Å². The van der Waals surface area contributed by atoms with Gasteiger partial charge in [0.15, 0.2) is 0 Å². The van der Waals surface area contributed by atoms with Gasteiger partial charge in [0.1, 0.15) is 5.75 Å². The van der Waals surface area contributed by atoms with E-state index in [1.165, 1.54) is 5.56 Å². The van der Waals surface area contributed by atoms with Gasteiger partial charge in [0, 0.05) is 11.3 Å². The van der Waals surface area contributed by atoms with E-state index in [1.54, 1.807) is 7.11 Å². The maximum absolute atomic E-state index is 6.00. The third-order valence-corrected chi connectivity index (χ3v) is 2.98. The van der Waals surface area contributed by atoms with Gasteiger partial charge in [-0.2, -0.15) is 0 Å². The first kappa shape index (κ1) is 11.8. The van der Waals surface area contributed by atoms with Crippen molar-refractivity contribution >= 4 is 17.3 Å². The van der Waals surface area contributed by atoms with Gasteiger partial charge in [-0.15, -0.1) is 0 Å². The standard InChI is InChI=1S/C14H14ClNO/c1-9-3-6-13(16)11(7-9)10-4-5-12(15)14(8-10)17-2/h3-8H,16H2,1-2H3. The molecule has 0 fully saturated rings. The maximum atomic E-state index is 6.00. The van der Waals surface area contributed by atoms with Crippen LogP contribution in [0.1, 0.15) is 5.56 Å². The van der Waals surface area contributed by atoms with Crippen LogP contribution in [0.3, 0.4) is 0 Å². The topological polar surface area (TPSA) is 35.2 Å². The Balaban J connectivity index is 2.56. The Morgan fingerprint density at radius 3 is 2.59 bits per heavy atom. The predicted octanol–water partition coefficient (Wildman–Crippen LogP) is 3.91. The van der Waals surface area contributed by atoms with Crippen LogP contribution >= 0.6 is 11.6 Å². The maximum Gasteiger partial charge on any atom is 0.138 e. The molecule has 17 heavy (non-hydrogen) atoms. The molecular weight excluding hydrogens is 234 g/mol. The van der Waals surface area contributed by atoms with E-state index in [1.807, 2.05) is 37.3 Å². The normalized spacial score (nSPS) is 10.3. The number of hydrogen-bond donors (Lipinski definition) is 1. The lowest BCUT2D eigenvalue weighted by atomic mass is 10.0. The van der Waals surface area contributed by atoms with E-state index in [4.69, 9.17) is 22.1 Å². The van der Waals surface area contributed by atoms with E-state index >= 15 is 0 Å². The van der Waals surface area contributed by atoms with Crippen molar-refractivity contribution in [1.82, 2.24) is 0 Å². The summed E-state index contributed by atoms with van der Waals surface area (Å²) in [6.07, 6.45) is 0. The largest absolute Gasteiger partial charge is 0.495 e. The van der Waals surface area contributed by atoms with Crippen LogP contribution in [0.5, 0.6) is 5.75 Å². The second-order valence-electron chi connectivity index (χ2n) is 3.94. The fourth-order valence-electron chi connectivity index (χ4n) is 1.75. The second-order valence-corrected chi connectivity index (χ2v) is 4.35. The molecule has 0 atom stereocenters. The number of hydrogen-bond acceptors (Lipinski definition) is 2. The average Bonchev–Trinajstić information content (AvgIpc) is 2.33. The Kier molecular flexibility index (Phi) is 3.25. The highest BCUT2D eigenvalue weighted by Gasteiger charge is 2.06. The lowest BCUT2D eigenvalue weighted by Gasteiger charge is -2.09. The molecular formula is C14H14ClNO. The van der Waals surface area contributed by atoms with E-state index in [9.17, 15) is 0 Å². The molecule has 0 saturated carbocycles. The number of nitrogen functional groups attached to an aromatic ring is 1. The molecule has 2 nitrogen and oxygen atoms in total. The smallest absolute Gasteiger partial charge is 0.138 e. The number of anilines is 1. The van der Waals surface area contributed by atoms with Crippen molar-refractivity contribution in [2.75, 3.05) is 12.8 Å². The average molecular weight is 248 g/mol. The van der Waals surface area contributed by atoms with Crippen LogP contribution in [0.25, 0.3) is 11.1 Å². The zero-order valence-corrected chi connectivity index (χ0v) is 10.6. The summed E-state index contributed by atoms with van der Waals surface area (Å²) in [5, 5.41) is 0.600. The van der Waals surface area contributed by atoms with Gasteiger partial charge in [0.25, 0.3) is 0 Å². The Labute approximate surface area is 106 Å². The van der Waals surface area contributed by atoms with E-state index in [-0.39, 0.29) is 0 Å². The van der Waals surface area contributed by atoms with Gasteiger partial charge in [-0.1, -0.05) is 29.3 Å². The fraction of sp³-hybridized carbons (Fsp3) is 0.143. The second kappa shape index (κ2) is 4.68. The minimum absolute atomic E-state index is 0.600. The van der Waals surface area contributed by atoms with Crippen LogP contribution in [-0.4, -0.2) is 7.11 Å². The SMILES string of the molecule is COc1cc(-c2cc(C)ccc2N)ccc1Cl. The van der Waals surface area contributed by atoms with Gasteiger partial charge >= 0.3 is 0 Å². The fourth-order valence-corrected chi connectivity index (χ4v) is 1.94. The first-order chi connectivity index (χ1) is 8.11. The van der Waals surface area contributed by atoms with Gasteiger partial charge in [-0.3, -0.25) is 0 Å². The number of nitrogens with two attached hydrogens (primary N) is 1. The third-order valence-electron chi connectivity index (χ3n) is 2.67. The number of benzene rings is 2. The molecule has 0 aliphatic carbocycles. The molecule has 0 radical (unpaired) electrons. The number of methoxy groups -OCH3 is 1. The zero-order chi connectivity index (χ0) is 12.4. The molecule has 0 heterocycles. The summed E-state index contributed by atoms with van der Waals surface area (Å²) in [6, 6.07) is 11.6. The molecule has 0 aliphatic heterocycles. The summed E-state index contributed by atoms with van der Waals surface area (Å²) in [5.41, 5.74) is 9.90. The monoisotopic (exact) mass is 247 g/mol. The van der Waals surface area contributed by atoms with Gasteiger partial charge in [-0.25, -0.2) is 0 Å². The molecule has 0 saturated heterocycles. The Bertz CT molecular complexity index is 552. The quantitative estimate of drug-likeness (QED) is 0.817. The lowest BCUT2D eigenvalue weighted by Crippen LogP contribution is -1.92. The first-order valence-corrected chi connectivity index (χ1v) is 5.69. The van der Waals surface area contributed by atoms with Crippen LogP contribution in [-0.2, 0) is 0 Å². The van der Waals surface area contributed by atoms with Gasteiger partial charge in [-0.05, 0) is 36.8 Å². The molecule has 0 aliphatic rings. The van der Waals surface area contributed by atoms with E-state index in [0.29, 0.717) is 10.8 Å². The van der Waals surface area contributed by atoms with Crippen LogP contribution in [0.4, 0.5) is 5.69 Å². The molecule has 0 aromatic heterocycles. The molecule has 0 amide bonds. The number of ether oxygens (including phenoxy) is 1. The molecule has 3 heteroatoms. The highest BCUT2D eigenvalue weighted by Crippen LogP contribution is 2.33. The van der Waals surface area contributed by atoms with E-state index in [0.717, 1.165) is 16.8 Å². The highest BCUT2D eigenvalue weighted by atomic mass is 35.5. The van der Waals surface area contributed by atoms with Crippen molar-refractivity contribution < 1.29 is 4.74 Å². The number of halogens is 1. The third kappa shape index (κ3) is 2.37. The molecule has 2 rings (SSSR count). The van der Waals surface area contributed by atoms with Crippen molar-refractivity contribution in [3.05, 3.63) is 47.0 Å². The summed E-state index contributed by atoms with van der Waals surface area (Å²) in [6.45, 7) is 2.04. The molecule has 0 unspecified atom stereocenters. The first-order valence-electron chi connectivity index (χ1n) is 5.32. The van der Waals surface area contributed by atoms with Crippen molar-refractivity contribution in [3.63, 3.8) is 0 Å². The molecule has 2 aromatic carbocycles. The van der Waals surface area contributed by atoms with Crippen LogP contribution < -0.4 is 10.5 Å². The summed E-state index contributed by atoms with van der Waals surface area (Å²) in [4.78, 5) is 0. The summed E-state index contributed by atoms with van der Waals surface area (Å²) in [7, 11) is 1.60. The van der Waals surface area contributed by atoms with Gasteiger partial charge in [0.05, 0.1) is 12.1 Å².